The van der Waals surface area contributed by atoms with Gasteiger partial charge in [-0.05, 0) is 36.1 Å². The predicted octanol–water partition coefficient (Wildman–Crippen LogP) is 1.91. The van der Waals surface area contributed by atoms with Gasteiger partial charge in [-0.2, -0.15) is 0 Å². The third-order valence-electron chi connectivity index (χ3n) is 6.30. The van der Waals surface area contributed by atoms with Gasteiger partial charge in [0.05, 0.1) is 14.2 Å². The number of likely N-dealkylation sites (tertiary alicyclic amines) is 1. The molecule has 2 unspecified atom stereocenters. The number of benzene rings is 1. The van der Waals surface area contributed by atoms with Crippen LogP contribution in [0.1, 0.15) is 36.4 Å². The Bertz CT molecular complexity index is 1040. The van der Waals surface area contributed by atoms with Crippen molar-refractivity contribution >= 4 is 11.8 Å². The summed E-state index contributed by atoms with van der Waals surface area (Å²) in [5.41, 5.74) is 1.90. The van der Waals surface area contributed by atoms with Crippen LogP contribution in [0, 0.1) is 5.92 Å². The van der Waals surface area contributed by atoms with Crippen molar-refractivity contribution in [3.8, 4) is 11.5 Å². The Labute approximate surface area is 187 Å². The molecule has 2 aliphatic heterocycles. The molecule has 1 aromatic carbocycles. The van der Waals surface area contributed by atoms with Crippen LogP contribution in [0.15, 0.2) is 41.2 Å². The molecular formula is C24H29N3O5. The maximum Gasteiger partial charge on any atom is 0.250 e. The molecule has 2 aliphatic rings. The first-order chi connectivity index (χ1) is 15.5. The fourth-order valence-corrected chi connectivity index (χ4v) is 4.74. The van der Waals surface area contributed by atoms with Crippen molar-refractivity contribution in [3.63, 3.8) is 0 Å². The molecule has 2 atom stereocenters. The van der Waals surface area contributed by atoms with Gasteiger partial charge in [0, 0.05) is 62.8 Å². The number of amides is 2. The molecule has 2 amide bonds. The summed E-state index contributed by atoms with van der Waals surface area (Å²) < 4.78 is 12.3. The van der Waals surface area contributed by atoms with Crippen LogP contribution < -0.4 is 20.3 Å². The number of pyridine rings is 1. The Morgan fingerprint density at radius 1 is 1.03 bits per heavy atom. The molecule has 1 saturated heterocycles. The van der Waals surface area contributed by atoms with Gasteiger partial charge in [-0.25, -0.2) is 0 Å². The van der Waals surface area contributed by atoms with Gasteiger partial charge in [-0.15, -0.1) is 0 Å². The quantitative estimate of drug-likeness (QED) is 0.712. The highest BCUT2D eigenvalue weighted by atomic mass is 16.5. The predicted molar refractivity (Wildman–Crippen MR) is 119 cm³/mol. The molecule has 0 saturated carbocycles. The summed E-state index contributed by atoms with van der Waals surface area (Å²) in [5, 5.41) is 2.86. The van der Waals surface area contributed by atoms with E-state index < -0.39 is 0 Å². The van der Waals surface area contributed by atoms with E-state index in [0.29, 0.717) is 37.7 Å². The second-order valence-corrected chi connectivity index (χ2v) is 8.49. The number of rotatable bonds is 7. The van der Waals surface area contributed by atoms with Crippen LogP contribution >= 0.6 is 0 Å². The molecular weight excluding hydrogens is 410 g/mol. The van der Waals surface area contributed by atoms with Gasteiger partial charge in [-0.3, -0.25) is 14.4 Å². The van der Waals surface area contributed by atoms with Gasteiger partial charge in [0.1, 0.15) is 11.5 Å². The van der Waals surface area contributed by atoms with E-state index >= 15 is 0 Å². The summed E-state index contributed by atoms with van der Waals surface area (Å²) in [4.78, 5) is 39.1. The molecule has 8 heteroatoms. The van der Waals surface area contributed by atoms with E-state index in [-0.39, 0.29) is 42.1 Å². The van der Waals surface area contributed by atoms with Crippen LogP contribution in [0.4, 0.5) is 0 Å². The molecule has 1 aromatic heterocycles. The van der Waals surface area contributed by atoms with Crippen LogP contribution in [0.2, 0.25) is 0 Å². The Kier molecular flexibility index (Phi) is 6.48. The first kappa shape index (κ1) is 21.9. The first-order valence-corrected chi connectivity index (χ1v) is 10.9. The maximum atomic E-state index is 12.8. The van der Waals surface area contributed by atoms with E-state index in [0.717, 1.165) is 17.7 Å². The highest BCUT2D eigenvalue weighted by Gasteiger charge is 2.36. The van der Waals surface area contributed by atoms with Crippen molar-refractivity contribution in [2.75, 3.05) is 27.3 Å². The molecule has 1 fully saturated rings. The lowest BCUT2D eigenvalue weighted by atomic mass is 9.83. The third-order valence-corrected chi connectivity index (χ3v) is 6.30. The lowest BCUT2D eigenvalue weighted by molar-refractivity contribution is -0.136. The molecule has 1 N–H and O–H groups in total. The van der Waals surface area contributed by atoms with Crippen molar-refractivity contribution < 1.29 is 19.1 Å². The third kappa shape index (κ3) is 4.79. The zero-order valence-electron chi connectivity index (χ0n) is 18.5. The molecule has 8 nitrogen and oxygen atoms in total. The smallest absolute Gasteiger partial charge is 0.250 e. The number of piperidine rings is 1. The minimum atomic E-state index is -0.172. The number of hydrogen-bond acceptors (Lipinski definition) is 5. The SMILES string of the molecule is COc1cc(CNC(=O)CCC(=O)N2CC3CC(C2)c2cccc(=O)n2C3)cc(OC)c1. The summed E-state index contributed by atoms with van der Waals surface area (Å²) in [5.74, 6) is 1.59. The Hall–Kier alpha value is -3.29. The van der Waals surface area contributed by atoms with E-state index in [4.69, 9.17) is 9.47 Å². The minimum Gasteiger partial charge on any atom is -0.497 e. The largest absolute Gasteiger partial charge is 0.497 e. The lowest BCUT2D eigenvalue weighted by Gasteiger charge is -2.42. The topological polar surface area (TPSA) is 89.9 Å². The summed E-state index contributed by atoms with van der Waals surface area (Å²) in [6, 6.07) is 10.8. The Morgan fingerprint density at radius 3 is 2.50 bits per heavy atom. The highest BCUT2D eigenvalue weighted by molar-refractivity contribution is 5.83. The molecule has 3 heterocycles. The molecule has 2 aromatic rings. The second kappa shape index (κ2) is 9.46. The van der Waals surface area contributed by atoms with Crippen LogP contribution in [-0.2, 0) is 22.7 Å². The average molecular weight is 440 g/mol. The number of hydrogen-bond donors (Lipinski definition) is 1. The van der Waals surface area contributed by atoms with E-state index in [1.807, 2.05) is 27.7 Å². The Balaban J connectivity index is 1.29. The molecule has 0 aliphatic carbocycles. The lowest BCUT2D eigenvalue weighted by Crippen LogP contribution is -2.49. The normalized spacial score (nSPS) is 19.1. The standard InChI is InChI=1S/C24H29N3O5/c1-31-19-9-16(10-20(11-19)32-2)12-25-22(28)6-7-23(29)26-13-17-8-18(15-26)21-4-3-5-24(30)27(21)14-17/h3-5,9-11,17-18H,6-8,12-15H2,1-2H3,(H,25,28). The first-order valence-electron chi connectivity index (χ1n) is 10.9. The summed E-state index contributed by atoms with van der Waals surface area (Å²) in [6.07, 6.45) is 1.31. The van der Waals surface area contributed by atoms with Gasteiger partial charge in [0.2, 0.25) is 11.8 Å². The summed E-state index contributed by atoms with van der Waals surface area (Å²) in [7, 11) is 3.16. The molecule has 170 valence electrons. The fraction of sp³-hybridized carbons (Fsp3) is 0.458. The van der Waals surface area contributed by atoms with Crippen molar-refractivity contribution in [2.45, 2.75) is 38.3 Å². The van der Waals surface area contributed by atoms with Crippen LogP contribution in [0.3, 0.4) is 0 Å². The number of nitrogens with one attached hydrogen (secondary N) is 1. The van der Waals surface area contributed by atoms with Gasteiger partial charge >= 0.3 is 0 Å². The number of aromatic nitrogens is 1. The molecule has 2 bridgehead atoms. The fourth-order valence-electron chi connectivity index (χ4n) is 4.74. The van der Waals surface area contributed by atoms with Crippen LogP contribution in [-0.4, -0.2) is 48.6 Å². The van der Waals surface area contributed by atoms with Crippen LogP contribution in [0.5, 0.6) is 11.5 Å². The number of ether oxygens (including phenoxy) is 2. The number of carbonyl (C=O) groups is 2. The van der Waals surface area contributed by atoms with Crippen molar-refractivity contribution in [2.24, 2.45) is 5.92 Å². The highest BCUT2D eigenvalue weighted by Crippen LogP contribution is 2.35. The van der Waals surface area contributed by atoms with Gasteiger partial charge < -0.3 is 24.3 Å². The molecule has 4 rings (SSSR count). The van der Waals surface area contributed by atoms with E-state index in [1.54, 1.807) is 32.4 Å². The number of fused-ring (bicyclic) bond motifs is 4. The zero-order chi connectivity index (χ0) is 22.7. The Morgan fingerprint density at radius 2 is 1.78 bits per heavy atom. The van der Waals surface area contributed by atoms with Gasteiger partial charge in [0.15, 0.2) is 0 Å². The van der Waals surface area contributed by atoms with Gasteiger partial charge in [-0.1, -0.05) is 6.07 Å². The maximum absolute atomic E-state index is 12.8. The van der Waals surface area contributed by atoms with Crippen LogP contribution in [0.25, 0.3) is 0 Å². The number of methoxy groups -OCH3 is 2. The summed E-state index contributed by atoms with van der Waals surface area (Å²) >= 11 is 0. The monoisotopic (exact) mass is 439 g/mol. The van der Waals surface area contributed by atoms with E-state index in [1.165, 1.54) is 0 Å². The molecule has 0 spiro atoms. The van der Waals surface area contributed by atoms with Crippen molar-refractivity contribution in [3.05, 3.63) is 58.0 Å². The number of carbonyl (C=O) groups excluding carboxylic acids is 2. The minimum absolute atomic E-state index is 0.00960. The summed E-state index contributed by atoms with van der Waals surface area (Å²) in [6.45, 7) is 2.23. The number of nitrogens with zero attached hydrogens (tertiary/aromatic N) is 2. The van der Waals surface area contributed by atoms with Crippen molar-refractivity contribution in [1.82, 2.24) is 14.8 Å². The van der Waals surface area contributed by atoms with E-state index in [9.17, 15) is 14.4 Å². The van der Waals surface area contributed by atoms with E-state index in [2.05, 4.69) is 5.32 Å². The second-order valence-electron chi connectivity index (χ2n) is 8.49. The van der Waals surface area contributed by atoms with Gasteiger partial charge in [0.25, 0.3) is 5.56 Å². The average Bonchev–Trinajstić information content (AvgIpc) is 2.81. The van der Waals surface area contributed by atoms with Crippen molar-refractivity contribution in [1.29, 1.82) is 0 Å². The molecule has 0 radical (unpaired) electrons. The molecule has 32 heavy (non-hydrogen) atoms. The zero-order valence-corrected chi connectivity index (χ0v) is 18.5.